The molecule has 2 nitrogen and oxygen atoms in total. The standard InChI is InChI=1S/C18H16O2S/c1-21-13-18(20)16-10-8-15(9-11-16)17(19)12-7-14-5-3-2-4-6-14/h2-12H,13H2,1H3. The summed E-state index contributed by atoms with van der Waals surface area (Å²) in [4.78, 5) is 23.8. The molecule has 21 heavy (non-hydrogen) atoms. The van der Waals surface area contributed by atoms with Crippen LogP contribution in [0.1, 0.15) is 26.3 Å². The van der Waals surface area contributed by atoms with Crippen LogP contribution in [-0.4, -0.2) is 23.6 Å². The average Bonchev–Trinajstić information content (AvgIpc) is 2.54. The van der Waals surface area contributed by atoms with Crippen molar-refractivity contribution in [3.05, 3.63) is 77.4 Å². The van der Waals surface area contributed by atoms with Crippen LogP contribution in [0.3, 0.4) is 0 Å². The second kappa shape index (κ2) is 7.60. The van der Waals surface area contributed by atoms with E-state index >= 15 is 0 Å². The van der Waals surface area contributed by atoms with Gasteiger partial charge in [-0.2, -0.15) is 11.8 Å². The second-order valence-corrected chi connectivity index (χ2v) is 5.41. The molecule has 3 heteroatoms. The Balaban J connectivity index is 2.06. The third-order valence-corrected chi connectivity index (χ3v) is 3.54. The Bertz CT molecular complexity index is 643. The van der Waals surface area contributed by atoms with Gasteiger partial charge in [-0.3, -0.25) is 9.59 Å². The first kappa shape index (κ1) is 15.3. The third-order valence-electron chi connectivity index (χ3n) is 2.99. The normalized spacial score (nSPS) is 10.7. The summed E-state index contributed by atoms with van der Waals surface area (Å²) in [6, 6.07) is 16.5. The van der Waals surface area contributed by atoms with Gasteiger partial charge in [-0.05, 0) is 17.9 Å². The van der Waals surface area contributed by atoms with Crippen molar-refractivity contribution < 1.29 is 9.59 Å². The van der Waals surface area contributed by atoms with Gasteiger partial charge in [0.1, 0.15) is 0 Å². The topological polar surface area (TPSA) is 34.1 Å². The molecule has 106 valence electrons. The molecular weight excluding hydrogens is 280 g/mol. The predicted molar refractivity (Wildman–Crippen MR) is 89.0 cm³/mol. The zero-order chi connectivity index (χ0) is 15.1. The fraction of sp³-hybridized carbons (Fsp3) is 0.111. The molecule has 0 unspecified atom stereocenters. The van der Waals surface area contributed by atoms with Gasteiger partial charge in [0.2, 0.25) is 0 Å². The highest BCUT2D eigenvalue weighted by atomic mass is 32.2. The number of Topliss-reactive ketones (excluding diaryl/α,β-unsaturated/α-hetero) is 1. The summed E-state index contributed by atoms with van der Waals surface area (Å²) in [5, 5.41) is 0. The highest BCUT2D eigenvalue weighted by Crippen LogP contribution is 2.10. The van der Waals surface area contributed by atoms with E-state index in [9.17, 15) is 9.59 Å². The molecule has 2 aromatic rings. The van der Waals surface area contributed by atoms with Crippen molar-refractivity contribution in [1.82, 2.24) is 0 Å². The van der Waals surface area contributed by atoms with E-state index in [1.807, 2.05) is 36.6 Å². The Kier molecular flexibility index (Phi) is 5.52. The van der Waals surface area contributed by atoms with Gasteiger partial charge in [-0.1, -0.05) is 60.7 Å². The van der Waals surface area contributed by atoms with E-state index in [0.717, 1.165) is 5.56 Å². The smallest absolute Gasteiger partial charge is 0.185 e. The van der Waals surface area contributed by atoms with Crippen LogP contribution in [0.5, 0.6) is 0 Å². The first-order valence-corrected chi connectivity index (χ1v) is 8.00. The predicted octanol–water partition coefficient (Wildman–Crippen LogP) is 4.13. The summed E-state index contributed by atoms with van der Waals surface area (Å²) >= 11 is 1.49. The molecular formula is C18H16O2S. The van der Waals surface area contributed by atoms with Gasteiger partial charge in [0.05, 0.1) is 5.75 Å². The van der Waals surface area contributed by atoms with Gasteiger partial charge >= 0.3 is 0 Å². The minimum absolute atomic E-state index is 0.0669. The monoisotopic (exact) mass is 296 g/mol. The van der Waals surface area contributed by atoms with Gasteiger partial charge in [0.25, 0.3) is 0 Å². The van der Waals surface area contributed by atoms with Crippen LogP contribution in [0, 0.1) is 0 Å². The van der Waals surface area contributed by atoms with E-state index in [2.05, 4.69) is 0 Å². The lowest BCUT2D eigenvalue weighted by Gasteiger charge is -2.00. The van der Waals surface area contributed by atoms with Crippen molar-refractivity contribution in [2.75, 3.05) is 12.0 Å². The van der Waals surface area contributed by atoms with E-state index in [1.165, 1.54) is 11.8 Å². The summed E-state index contributed by atoms with van der Waals surface area (Å²) in [6.45, 7) is 0. The van der Waals surface area contributed by atoms with E-state index in [0.29, 0.717) is 16.9 Å². The number of rotatable bonds is 6. The molecule has 0 aliphatic heterocycles. The molecule has 0 amide bonds. The summed E-state index contributed by atoms with van der Waals surface area (Å²) in [5.41, 5.74) is 2.22. The van der Waals surface area contributed by atoms with Crippen molar-refractivity contribution in [2.45, 2.75) is 0 Å². The van der Waals surface area contributed by atoms with E-state index < -0.39 is 0 Å². The molecule has 0 N–H and O–H groups in total. The number of allylic oxidation sites excluding steroid dienone is 1. The second-order valence-electron chi connectivity index (χ2n) is 4.54. The molecule has 0 aliphatic rings. The molecule has 0 fully saturated rings. The lowest BCUT2D eigenvalue weighted by molar-refractivity contribution is 0.101. The molecule has 0 radical (unpaired) electrons. The SMILES string of the molecule is CSCC(=O)c1ccc(C(=O)C=Cc2ccccc2)cc1. The number of hydrogen-bond acceptors (Lipinski definition) is 3. The maximum atomic E-state index is 12.0. The third kappa shape index (κ3) is 4.43. The Hall–Kier alpha value is -2.13. The minimum atomic E-state index is -0.0669. The summed E-state index contributed by atoms with van der Waals surface area (Å²) in [5.74, 6) is 0.477. The quantitative estimate of drug-likeness (QED) is 0.594. The summed E-state index contributed by atoms with van der Waals surface area (Å²) in [7, 11) is 0. The van der Waals surface area contributed by atoms with Gasteiger partial charge in [0.15, 0.2) is 11.6 Å². The largest absolute Gasteiger partial charge is 0.293 e. The Morgan fingerprint density at radius 1 is 0.952 bits per heavy atom. The molecule has 0 atom stereocenters. The highest BCUT2D eigenvalue weighted by Gasteiger charge is 2.06. The van der Waals surface area contributed by atoms with Gasteiger partial charge < -0.3 is 0 Å². The molecule has 0 saturated carbocycles. The maximum Gasteiger partial charge on any atom is 0.185 e. The van der Waals surface area contributed by atoms with Crippen molar-refractivity contribution in [3.8, 4) is 0 Å². The van der Waals surface area contributed by atoms with Crippen LogP contribution in [0.2, 0.25) is 0 Å². The van der Waals surface area contributed by atoms with Crippen LogP contribution < -0.4 is 0 Å². The van der Waals surface area contributed by atoms with Crippen LogP contribution in [-0.2, 0) is 0 Å². The van der Waals surface area contributed by atoms with Crippen LogP contribution in [0.4, 0.5) is 0 Å². The van der Waals surface area contributed by atoms with Gasteiger partial charge in [-0.15, -0.1) is 0 Å². The Morgan fingerprint density at radius 2 is 1.57 bits per heavy atom. The van der Waals surface area contributed by atoms with Crippen LogP contribution in [0.25, 0.3) is 6.08 Å². The molecule has 0 saturated heterocycles. The zero-order valence-corrected chi connectivity index (χ0v) is 12.6. The number of carbonyl (C=O) groups is 2. The Morgan fingerprint density at radius 3 is 2.19 bits per heavy atom. The lowest BCUT2D eigenvalue weighted by atomic mass is 10.1. The van der Waals surface area contributed by atoms with Crippen molar-refractivity contribution in [3.63, 3.8) is 0 Å². The van der Waals surface area contributed by atoms with Gasteiger partial charge in [0, 0.05) is 11.1 Å². The molecule has 0 bridgehead atoms. The van der Waals surface area contributed by atoms with E-state index in [-0.39, 0.29) is 11.6 Å². The molecule has 0 spiro atoms. The maximum absolute atomic E-state index is 12.0. The van der Waals surface area contributed by atoms with E-state index in [4.69, 9.17) is 0 Å². The average molecular weight is 296 g/mol. The number of benzene rings is 2. The lowest BCUT2D eigenvalue weighted by Crippen LogP contribution is -2.03. The fourth-order valence-electron chi connectivity index (χ4n) is 1.87. The molecule has 0 aromatic heterocycles. The number of thioether (sulfide) groups is 1. The molecule has 2 rings (SSSR count). The number of hydrogen-bond donors (Lipinski definition) is 0. The zero-order valence-electron chi connectivity index (χ0n) is 11.8. The summed E-state index contributed by atoms with van der Waals surface area (Å²) < 4.78 is 0. The number of carbonyl (C=O) groups excluding carboxylic acids is 2. The van der Waals surface area contributed by atoms with Gasteiger partial charge in [-0.25, -0.2) is 0 Å². The molecule has 2 aromatic carbocycles. The molecule has 0 aliphatic carbocycles. The fourth-order valence-corrected chi connectivity index (χ4v) is 2.30. The molecule has 0 heterocycles. The number of ketones is 2. The van der Waals surface area contributed by atoms with E-state index in [1.54, 1.807) is 36.4 Å². The minimum Gasteiger partial charge on any atom is -0.293 e. The van der Waals surface area contributed by atoms with Crippen LogP contribution >= 0.6 is 11.8 Å². The highest BCUT2D eigenvalue weighted by molar-refractivity contribution is 7.99. The van der Waals surface area contributed by atoms with Crippen molar-refractivity contribution in [1.29, 1.82) is 0 Å². The van der Waals surface area contributed by atoms with Crippen molar-refractivity contribution >= 4 is 29.4 Å². The van der Waals surface area contributed by atoms with Crippen LogP contribution in [0.15, 0.2) is 60.7 Å². The first-order valence-electron chi connectivity index (χ1n) is 6.60. The summed E-state index contributed by atoms with van der Waals surface area (Å²) in [6.07, 6.45) is 5.23. The first-order chi connectivity index (χ1) is 10.2. The Labute approximate surface area is 128 Å². The van der Waals surface area contributed by atoms with Crippen molar-refractivity contribution in [2.24, 2.45) is 0 Å².